The van der Waals surface area contributed by atoms with Gasteiger partial charge in [-0.05, 0) is 0 Å². The number of thiazole rings is 1. The Morgan fingerprint density at radius 3 is 3.50 bits per heavy atom. The average Bonchev–Trinajstić information content (AvgIpc) is 2.62. The molecule has 2 aromatic heterocycles. The highest BCUT2D eigenvalue weighted by Gasteiger charge is 2.15. The molecule has 0 aromatic carbocycles. The number of fused-ring (bicyclic) bond motifs is 3. The molecule has 3 rings (SSSR count). The zero-order chi connectivity index (χ0) is 7.97. The van der Waals surface area contributed by atoms with Crippen molar-refractivity contribution in [2.45, 2.75) is 13.0 Å². The Hall–Kier alpha value is -0.870. The fraction of sp³-hybridized carbons (Fsp3) is 0.375. The average molecular weight is 178 g/mol. The molecular weight excluding hydrogens is 170 g/mol. The summed E-state index contributed by atoms with van der Waals surface area (Å²) in [7, 11) is 0. The van der Waals surface area contributed by atoms with Crippen molar-refractivity contribution in [3.05, 3.63) is 16.8 Å². The van der Waals surface area contributed by atoms with E-state index < -0.39 is 0 Å². The number of rotatable bonds is 0. The van der Waals surface area contributed by atoms with Gasteiger partial charge in [0.05, 0.1) is 4.70 Å². The summed E-state index contributed by atoms with van der Waals surface area (Å²) in [6.45, 7) is 2.05. The highest BCUT2D eigenvalue weighted by Crippen LogP contribution is 2.26. The monoisotopic (exact) mass is 178 g/mol. The molecule has 1 radical (unpaired) electrons. The van der Waals surface area contributed by atoms with Crippen LogP contribution in [0.4, 0.5) is 0 Å². The van der Waals surface area contributed by atoms with E-state index >= 15 is 0 Å². The molecule has 3 nitrogen and oxygen atoms in total. The predicted octanol–water partition coefficient (Wildman–Crippen LogP) is 1.07. The second-order valence-corrected chi connectivity index (χ2v) is 3.79. The lowest BCUT2D eigenvalue weighted by atomic mass is 10.1. The van der Waals surface area contributed by atoms with Gasteiger partial charge in [0.2, 0.25) is 0 Å². The maximum Gasteiger partial charge on any atom is 0.155 e. The van der Waals surface area contributed by atoms with Crippen LogP contribution in [-0.2, 0) is 13.0 Å². The normalized spacial score (nSPS) is 16.7. The van der Waals surface area contributed by atoms with Gasteiger partial charge in [-0.15, -0.1) is 11.3 Å². The van der Waals surface area contributed by atoms with Gasteiger partial charge in [-0.3, -0.25) is 0 Å². The molecule has 0 atom stereocenters. The van der Waals surface area contributed by atoms with Crippen LogP contribution >= 0.6 is 11.3 Å². The summed E-state index contributed by atoms with van der Waals surface area (Å²) in [5.41, 5.74) is 6.66. The number of aromatic amines is 1. The van der Waals surface area contributed by atoms with Crippen molar-refractivity contribution in [1.29, 1.82) is 0 Å². The quantitative estimate of drug-likeness (QED) is 0.633. The first-order valence-electron chi connectivity index (χ1n) is 4.02. The van der Waals surface area contributed by atoms with Crippen molar-refractivity contribution in [1.82, 2.24) is 15.3 Å². The molecule has 2 N–H and O–H groups in total. The molecule has 4 heteroatoms. The first-order valence-corrected chi connectivity index (χ1v) is 4.84. The fourth-order valence-corrected chi connectivity index (χ4v) is 2.43. The fourth-order valence-electron chi connectivity index (χ4n) is 1.69. The summed E-state index contributed by atoms with van der Waals surface area (Å²) >= 11 is 1.60. The molecule has 3 heterocycles. The summed E-state index contributed by atoms with van der Waals surface area (Å²) in [6.07, 6.45) is 1.10. The Bertz CT molecular complexity index is 415. The highest BCUT2D eigenvalue weighted by atomic mass is 32.1. The second-order valence-electron chi connectivity index (χ2n) is 2.99. The third-order valence-electron chi connectivity index (χ3n) is 2.28. The number of H-pyrrole nitrogens is 1. The molecule has 61 valence electrons. The molecule has 0 saturated carbocycles. The van der Waals surface area contributed by atoms with Crippen molar-refractivity contribution in [3.8, 4) is 0 Å². The Balaban J connectivity index is 2.34. The van der Waals surface area contributed by atoms with Crippen LogP contribution in [0.25, 0.3) is 10.3 Å². The van der Waals surface area contributed by atoms with E-state index in [0.717, 1.165) is 25.2 Å². The molecule has 1 aliphatic heterocycles. The SMILES string of the molecule is [c]1nc2[nH]c3c(c2s1)CNCC3. The van der Waals surface area contributed by atoms with Crippen molar-refractivity contribution in [3.63, 3.8) is 0 Å². The zero-order valence-electron chi connectivity index (χ0n) is 6.48. The third-order valence-corrected chi connectivity index (χ3v) is 3.11. The van der Waals surface area contributed by atoms with E-state index in [4.69, 9.17) is 0 Å². The van der Waals surface area contributed by atoms with Gasteiger partial charge in [0.25, 0.3) is 0 Å². The maximum atomic E-state index is 4.13. The number of hydrogen-bond acceptors (Lipinski definition) is 3. The van der Waals surface area contributed by atoms with Crippen LogP contribution in [0.15, 0.2) is 0 Å². The van der Waals surface area contributed by atoms with Crippen molar-refractivity contribution < 1.29 is 0 Å². The van der Waals surface area contributed by atoms with Gasteiger partial charge in [-0.25, -0.2) is 4.98 Å². The summed E-state index contributed by atoms with van der Waals surface area (Å²) < 4.78 is 1.28. The lowest BCUT2D eigenvalue weighted by Crippen LogP contribution is -2.22. The van der Waals surface area contributed by atoms with E-state index in [1.165, 1.54) is 16.0 Å². The van der Waals surface area contributed by atoms with Crippen LogP contribution in [0.1, 0.15) is 11.3 Å². The van der Waals surface area contributed by atoms with Crippen LogP contribution < -0.4 is 5.32 Å². The van der Waals surface area contributed by atoms with Crippen LogP contribution in [0, 0.1) is 5.51 Å². The van der Waals surface area contributed by atoms with E-state index in [0.29, 0.717) is 0 Å². The lowest BCUT2D eigenvalue weighted by molar-refractivity contribution is 0.641. The summed E-state index contributed by atoms with van der Waals surface area (Å²) in [5.74, 6) is 0. The van der Waals surface area contributed by atoms with E-state index in [-0.39, 0.29) is 0 Å². The van der Waals surface area contributed by atoms with Crippen LogP contribution in [0.3, 0.4) is 0 Å². The van der Waals surface area contributed by atoms with Gasteiger partial charge in [0, 0.05) is 30.8 Å². The van der Waals surface area contributed by atoms with Gasteiger partial charge >= 0.3 is 0 Å². The number of nitrogens with zero attached hydrogens (tertiary/aromatic N) is 1. The molecule has 0 unspecified atom stereocenters. The van der Waals surface area contributed by atoms with Crippen LogP contribution in [-0.4, -0.2) is 16.5 Å². The first kappa shape index (κ1) is 6.62. The highest BCUT2D eigenvalue weighted by molar-refractivity contribution is 7.16. The lowest BCUT2D eigenvalue weighted by Gasteiger charge is -2.11. The molecule has 0 fully saturated rings. The molecule has 0 aliphatic carbocycles. The van der Waals surface area contributed by atoms with Gasteiger partial charge in [-0.1, -0.05) is 0 Å². The smallest absolute Gasteiger partial charge is 0.155 e. The van der Waals surface area contributed by atoms with Gasteiger partial charge in [0.1, 0.15) is 5.65 Å². The van der Waals surface area contributed by atoms with Gasteiger partial charge in [0.15, 0.2) is 5.51 Å². The summed E-state index contributed by atoms with van der Waals surface area (Å²) in [5, 5.41) is 3.35. The Kier molecular flexibility index (Phi) is 1.27. The molecule has 0 spiro atoms. The first-order chi connectivity index (χ1) is 5.95. The molecule has 0 bridgehead atoms. The van der Waals surface area contributed by atoms with E-state index in [1.807, 2.05) is 0 Å². The van der Waals surface area contributed by atoms with E-state index in [2.05, 4.69) is 20.8 Å². The Morgan fingerprint density at radius 1 is 1.50 bits per heavy atom. The van der Waals surface area contributed by atoms with Crippen LogP contribution in [0.2, 0.25) is 0 Å². The van der Waals surface area contributed by atoms with Crippen molar-refractivity contribution >= 4 is 21.7 Å². The summed E-state index contributed by atoms with van der Waals surface area (Å²) in [4.78, 5) is 7.46. The molecule has 1 aliphatic rings. The maximum absolute atomic E-state index is 4.13. The summed E-state index contributed by atoms with van der Waals surface area (Å²) in [6, 6.07) is 0. The minimum atomic E-state index is 0.978. The molecule has 0 amide bonds. The second kappa shape index (κ2) is 2.31. The Labute approximate surface area is 73.8 Å². The van der Waals surface area contributed by atoms with Crippen molar-refractivity contribution in [2.75, 3.05) is 6.54 Å². The minimum absolute atomic E-state index is 0.978. The van der Waals surface area contributed by atoms with Crippen molar-refractivity contribution in [2.24, 2.45) is 0 Å². The zero-order valence-corrected chi connectivity index (χ0v) is 7.29. The van der Waals surface area contributed by atoms with Gasteiger partial charge < -0.3 is 10.3 Å². The predicted molar refractivity (Wildman–Crippen MR) is 48.2 cm³/mol. The molecule has 2 aromatic rings. The molecule has 0 saturated heterocycles. The molecular formula is C8H8N3S. The minimum Gasteiger partial charge on any atom is -0.342 e. The van der Waals surface area contributed by atoms with Crippen LogP contribution in [0.5, 0.6) is 0 Å². The molecule has 12 heavy (non-hydrogen) atoms. The van der Waals surface area contributed by atoms with E-state index in [9.17, 15) is 0 Å². The largest absolute Gasteiger partial charge is 0.342 e. The standard InChI is InChI=1S/C8H8N3S/c1-2-9-3-5-6(1)11-8-7(5)12-4-10-8/h9,11H,1-3H2. The number of aromatic nitrogens is 2. The Morgan fingerprint density at radius 2 is 2.50 bits per heavy atom. The van der Waals surface area contributed by atoms with E-state index in [1.54, 1.807) is 11.3 Å². The third kappa shape index (κ3) is 0.763. The number of nitrogens with one attached hydrogen (secondary N) is 2. The van der Waals surface area contributed by atoms with Gasteiger partial charge in [-0.2, -0.15) is 0 Å². The number of hydrogen-bond donors (Lipinski definition) is 2. The topological polar surface area (TPSA) is 40.7 Å².